The van der Waals surface area contributed by atoms with Gasteiger partial charge in [0.2, 0.25) is 17.8 Å². The molecule has 3 N–H and O–H groups in total. The molecule has 356 valence electrons. The number of rotatable bonds is 13. The molecule has 3 saturated heterocycles. The summed E-state index contributed by atoms with van der Waals surface area (Å²) in [6.07, 6.45) is 4.01. The minimum absolute atomic E-state index is 0.134. The Balaban J connectivity index is 0.710. The average molecular weight is 925 g/mol. The van der Waals surface area contributed by atoms with E-state index in [-0.39, 0.29) is 49.1 Å². The van der Waals surface area contributed by atoms with E-state index >= 15 is 0 Å². The molecule has 0 unspecified atom stereocenters. The van der Waals surface area contributed by atoms with Gasteiger partial charge in [-0.3, -0.25) is 33.8 Å². The van der Waals surface area contributed by atoms with E-state index in [9.17, 15) is 32.7 Å². The highest BCUT2D eigenvalue weighted by Crippen LogP contribution is 2.37. The number of carbonyl (C=O) groups is 2. The van der Waals surface area contributed by atoms with Crippen molar-refractivity contribution in [2.45, 2.75) is 94.7 Å². The number of imide groups is 1. The van der Waals surface area contributed by atoms with Gasteiger partial charge in [-0.05, 0) is 87.4 Å². The number of nitrogens with one attached hydrogen (secondary N) is 2. The van der Waals surface area contributed by atoms with Gasteiger partial charge in [-0.15, -0.1) is 0 Å². The van der Waals surface area contributed by atoms with Gasteiger partial charge in [-0.1, -0.05) is 36.1 Å². The van der Waals surface area contributed by atoms with E-state index < -0.39 is 24.5 Å². The topological polar surface area (TPSA) is 155 Å². The summed E-state index contributed by atoms with van der Waals surface area (Å²) in [6.45, 7) is 8.53. The lowest BCUT2D eigenvalue weighted by Crippen LogP contribution is -2.53. The number of halogens is 3. The molecule has 3 aliphatic heterocycles. The predicted octanol–water partition coefficient (Wildman–Crippen LogP) is 5.22. The molecule has 1 aliphatic carbocycles. The number of carbonyl (C=O) groups excluding carboxylic acids is 2. The third-order valence-corrected chi connectivity index (χ3v) is 14.0. The molecular weight excluding hydrogens is 866 g/mol. The zero-order valence-corrected chi connectivity index (χ0v) is 37.9. The lowest BCUT2D eigenvalue weighted by molar-refractivity contribution is -0.136. The highest BCUT2D eigenvalue weighted by atomic mass is 19.4. The SMILES string of the molecule is Cn1c(=O)n([C@H]2CCC(=O)NC2=O)c2ccc(C#CCOCCN3CCC(N4CCN(Cc5ccc(-c6cn(C7CCC(O)CC7)c7nc(NCCC(F)(F)F)ncc67)cc5)CC4)CC3)cc21. The van der Waals surface area contributed by atoms with Crippen LogP contribution in [0.4, 0.5) is 19.1 Å². The van der Waals surface area contributed by atoms with Gasteiger partial charge >= 0.3 is 11.9 Å². The van der Waals surface area contributed by atoms with E-state index in [0.29, 0.717) is 48.8 Å². The summed E-state index contributed by atoms with van der Waals surface area (Å²) in [6, 6.07) is 14.1. The molecule has 18 heteroatoms. The molecular formula is C49H59F3N10O5. The van der Waals surface area contributed by atoms with Crippen molar-refractivity contribution in [2.24, 2.45) is 7.05 Å². The van der Waals surface area contributed by atoms with Crippen molar-refractivity contribution in [3.8, 4) is 23.0 Å². The largest absolute Gasteiger partial charge is 0.393 e. The molecule has 3 aromatic heterocycles. The van der Waals surface area contributed by atoms with Gasteiger partial charge < -0.3 is 24.6 Å². The first kappa shape index (κ1) is 46.5. The Kier molecular flexibility index (Phi) is 14.1. The molecule has 2 aromatic carbocycles. The van der Waals surface area contributed by atoms with Crippen molar-refractivity contribution in [1.82, 2.24) is 43.7 Å². The van der Waals surface area contributed by atoms with Gasteiger partial charge in [0.05, 0.1) is 30.2 Å². The highest BCUT2D eigenvalue weighted by Gasteiger charge is 2.32. The number of piperazine rings is 1. The smallest absolute Gasteiger partial charge is 0.390 e. The summed E-state index contributed by atoms with van der Waals surface area (Å²) >= 11 is 0. The van der Waals surface area contributed by atoms with Gasteiger partial charge in [0, 0.05) is 100 Å². The molecule has 4 fully saturated rings. The third kappa shape index (κ3) is 10.9. The van der Waals surface area contributed by atoms with E-state index in [1.54, 1.807) is 19.3 Å². The minimum Gasteiger partial charge on any atom is -0.393 e. The third-order valence-electron chi connectivity index (χ3n) is 14.0. The minimum atomic E-state index is -4.26. The summed E-state index contributed by atoms with van der Waals surface area (Å²) < 4.78 is 49.4. The number of aromatic nitrogens is 5. The number of aliphatic hydroxyl groups is 1. The second kappa shape index (κ2) is 20.3. The molecule has 2 amide bonds. The number of ether oxygens (including phenoxy) is 1. The van der Waals surface area contributed by atoms with Gasteiger partial charge in [0.15, 0.2) is 0 Å². The van der Waals surface area contributed by atoms with Crippen LogP contribution in [0.15, 0.2) is 59.7 Å². The van der Waals surface area contributed by atoms with Crippen molar-refractivity contribution in [2.75, 3.05) is 70.9 Å². The molecule has 1 saturated carbocycles. The molecule has 9 rings (SSSR count). The number of fused-ring (bicyclic) bond motifs is 2. The normalized spacial score (nSPS) is 21.7. The van der Waals surface area contributed by atoms with E-state index in [1.807, 2.05) is 12.1 Å². The Bertz CT molecular complexity index is 2680. The second-order valence-corrected chi connectivity index (χ2v) is 18.5. The monoisotopic (exact) mass is 924 g/mol. The number of aryl methyl sites for hydroxylation is 1. The molecule has 0 spiro atoms. The summed E-state index contributed by atoms with van der Waals surface area (Å²) in [5.41, 5.74) is 5.69. The Morgan fingerprint density at radius 2 is 1.66 bits per heavy atom. The number of imidazole rings is 1. The van der Waals surface area contributed by atoms with Crippen LogP contribution >= 0.6 is 0 Å². The van der Waals surface area contributed by atoms with Crippen molar-refractivity contribution >= 4 is 39.8 Å². The summed E-state index contributed by atoms with van der Waals surface area (Å²) in [5.74, 6) is 5.63. The maximum absolute atomic E-state index is 13.1. The van der Waals surface area contributed by atoms with Crippen molar-refractivity contribution in [3.63, 3.8) is 0 Å². The molecule has 0 bridgehead atoms. The van der Waals surface area contributed by atoms with Crippen LogP contribution < -0.4 is 16.3 Å². The van der Waals surface area contributed by atoms with Gasteiger partial charge in [0.25, 0.3) is 0 Å². The molecule has 4 aliphatic rings. The van der Waals surface area contributed by atoms with Crippen LogP contribution in [0.5, 0.6) is 0 Å². The molecule has 67 heavy (non-hydrogen) atoms. The van der Waals surface area contributed by atoms with Crippen LogP contribution in [-0.4, -0.2) is 139 Å². The van der Waals surface area contributed by atoms with Crippen LogP contribution in [0.1, 0.15) is 81.0 Å². The molecule has 5 aromatic rings. The Morgan fingerprint density at radius 1 is 0.896 bits per heavy atom. The fourth-order valence-corrected chi connectivity index (χ4v) is 10.2. The number of alkyl halides is 3. The van der Waals surface area contributed by atoms with Crippen molar-refractivity contribution in [3.05, 3.63) is 76.5 Å². The highest BCUT2D eigenvalue weighted by molar-refractivity contribution is 6.00. The number of anilines is 1. The van der Waals surface area contributed by atoms with Crippen LogP contribution in [0.25, 0.3) is 33.2 Å². The predicted molar refractivity (Wildman–Crippen MR) is 248 cm³/mol. The number of piperidine rings is 2. The zero-order chi connectivity index (χ0) is 46.7. The second-order valence-electron chi connectivity index (χ2n) is 18.5. The van der Waals surface area contributed by atoms with E-state index in [1.165, 1.54) is 14.7 Å². The Morgan fingerprint density at radius 3 is 2.39 bits per heavy atom. The van der Waals surface area contributed by atoms with Gasteiger partial charge in [-0.2, -0.15) is 18.2 Å². The molecule has 1 atom stereocenters. The fourth-order valence-electron chi connectivity index (χ4n) is 10.2. The number of aliphatic hydroxyl groups excluding tert-OH is 1. The van der Waals surface area contributed by atoms with E-state index in [4.69, 9.17) is 9.72 Å². The van der Waals surface area contributed by atoms with Crippen LogP contribution in [-0.2, 0) is 27.9 Å². The maximum atomic E-state index is 13.1. The average Bonchev–Trinajstić information content (AvgIpc) is 3.81. The van der Waals surface area contributed by atoms with Crippen LogP contribution in [0, 0.1) is 11.8 Å². The lowest BCUT2D eigenvalue weighted by Gasteiger charge is -2.42. The number of nitrogens with zero attached hydrogens (tertiary/aromatic N) is 8. The fraction of sp³-hybridized carbons (Fsp3) is 0.531. The van der Waals surface area contributed by atoms with E-state index in [2.05, 4.69) is 77.2 Å². The Hall–Kier alpha value is -5.58. The number of benzene rings is 2. The lowest BCUT2D eigenvalue weighted by atomic mass is 9.93. The molecule has 15 nitrogen and oxygen atoms in total. The summed E-state index contributed by atoms with van der Waals surface area (Å²) in [7, 11) is 1.67. The maximum Gasteiger partial charge on any atom is 0.390 e. The summed E-state index contributed by atoms with van der Waals surface area (Å²) in [4.78, 5) is 53.9. The summed E-state index contributed by atoms with van der Waals surface area (Å²) in [5, 5.41) is 16.1. The first-order chi connectivity index (χ1) is 32.4. The first-order valence-corrected chi connectivity index (χ1v) is 23.6. The van der Waals surface area contributed by atoms with E-state index in [0.717, 1.165) is 100 Å². The quantitative estimate of drug-likeness (QED) is 0.0810. The zero-order valence-electron chi connectivity index (χ0n) is 37.9. The standard InChI is InChI=1S/C49H59F3N10O5/c1-57-43-29-33(6-13-41(43)62(48(57)66)42-14-15-44(64)55-46(42)65)3-2-27-67-28-26-58-20-16-36(17-21-58)60-24-22-59(23-25-60)31-34-4-7-35(8-5-34)40-32-61(37-9-11-38(63)12-10-37)45-39(40)30-54-47(56-45)53-19-18-49(50,51)52/h4-8,13,29-30,32,36-38,42,63H,9-12,14-28,31H2,1H3,(H,53,54,56)(H,55,64,65)/t37?,38?,42-/m0/s1. The number of amides is 2. The molecule has 6 heterocycles. The van der Waals surface area contributed by atoms with Crippen molar-refractivity contribution in [1.29, 1.82) is 0 Å². The number of hydrogen-bond acceptors (Lipinski definition) is 11. The van der Waals surface area contributed by atoms with Crippen LogP contribution in [0.3, 0.4) is 0 Å². The first-order valence-electron chi connectivity index (χ1n) is 23.6. The van der Waals surface area contributed by atoms with Crippen LogP contribution in [0.2, 0.25) is 0 Å². The number of hydrogen-bond donors (Lipinski definition) is 3. The van der Waals surface area contributed by atoms with Gasteiger partial charge in [-0.25, -0.2) is 9.78 Å². The van der Waals surface area contributed by atoms with Crippen molar-refractivity contribution < 1.29 is 32.6 Å². The Labute approximate surface area is 387 Å². The number of likely N-dealkylation sites (tertiary alicyclic amines) is 1. The van der Waals surface area contributed by atoms with Gasteiger partial charge in [0.1, 0.15) is 18.3 Å². The molecule has 0 radical (unpaired) electrons.